The van der Waals surface area contributed by atoms with Gasteiger partial charge in [-0.05, 0) is 13.3 Å². The molecule has 0 unspecified atom stereocenters. The first-order chi connectivity index (χ1) is 6.15. The van der Waals surface area contributed by atoms with Crippen LogP contribution in [0.3, 0.4) is 0 Å². The van der Waals surface area contributed by atoms with Crippen LogP contribution in [0, 0.1) is 5.92 Å². The standard InChI is InChI=1S/C9H16O4/c1-6-4-5-12-9(6)13-7(2)8(10)11-3/h6-7,9H,4-5H2,1-3H3/t6-,7-,9-/m0/s1. The molecule has 0 bridgehead atoms. The topological polar surface area (TPSA) is 44.8 Å². The van der Waals surface area contributed by atoms with Gasteiger partial charge in [-0.2, -0.15) is 0 Å². The van der Waals surface area contributed by atoms with E-state index in [1.807, 2.05) is 6.92 Å². The van der Waals surface area contributed by atoms with Gasteiger partial charge in [0.05, 0.1) is 13.7 Å². The van der Waals surface area contributed by atoms with Gasteiger partial charge in [0.2, 0.25) is 0 Å². The summed E-state index contributed by atoms with van der Waals surface area (Å²) in [5.41, 5.74) is 0. The van der Waals surface area contributed by atoms with E-state index in [-0.39, 0.29) is 12.3 Å². The third-order valence-corrected chi connectivity index (χ3v) is 2.19. The van der Waals surface area contributed by atoms with Crippen molar-refractivity contribution in [3.63, 3.8) is 0 Å². The molecule has 0 spiro atoms. The van der Waals surface area contributed by atoms with Gasteiger partial charge in [-0.25, -0.2) is 4.79 Å². The maximum Gasteiger partial charge on any atom is 0.334 e. The molecular weight excluding hydrogens is 172 g/mol. The van der Waals surface area contributed by atoms with Crippen molar-refractivity contribution in [2.24, 2.45) is 5.92 Å². The van der Waals surface area contributed by atoms with Crippen LogP contribution in [-0.2, 0) is 19.0 Å². The molecule has 1 aliphatic rings. The number of esters is 1. The lowest BCUT2D eigenvalue weighted by Crippen LogP contribution is -2.30. The highest BCUT2D eigenvalue weighted by Gasteiger charge is 2.28. The Balaban J connectivity index is 2.34. The second-order valence-electron chi connectivity index (χ2n) is 3.31. The molecule has 3 atom stereocenters. The van der Waals surface area contributed by atoms with Gasteiger partial charge in [-0.1, -0.05) is 6.92 Å². The summed E-state index contributed by atoms with van der Waals surface area (Å²) in [4.78, 5) is 11.0. The smallest absolute Gasteiger partial charge is 0.334 e. The van der Waals surface area contributed by atoms with Crippen molar-refractivity contribution in [2.75, 3.05) is 13.7 Å². The molecule has 0 aromatic rings. The largest absolute Gasteiger partial charge is 0.467 e. The maximum atomic E-state index is 11.0. The van der Waals surface area contributed by atoms with Crippen LogP contribution >= 0.6 is 0 Å². The summed E-state index contributed by atoms with van der Waals surface area (Å²) in [7, 11) is 1.35. The Hall–Kier alpha value is -0.610. The SMILES string of the molecule is COC(=O)[C@H](C)O[C@@H]1OCC[C@@H]1C. The molecule has 1 saturated heterocycles. The Morgan fingerprint density at radius 2 is 2.31 bits per heavy atom. The van der Waals surface area contributed by atoms with Gasteiger partial charge in [-0.15, -0.1) is 0 Å². The van der Waals surface area contributed by atoms with E-state index in [1.165, 1.54) is 7.11 Å². The van der Waals surface area contributed by atoms with Crippen molar-refractivity contribution in [1.29, 1.82) is 0 Å². The van der Waals surface area contributed by atoms with Crippen LogP contribution < -0.4 is 0 Å². The van der Waals surface area contributed by atoms with E-state index in [0.29, 0.717) is 12.5 Å². The lowest BCUT2D eigenvalue weighted by atomic mass is 10.1. The number of carbonyl (C=O) groups excluding carboxylic acids is 1. The van der Waals surface area contributed by atoms with Crippen molar-refractivity contribution in [3.05, 3.63) is 0 Å². The predicted molar refractivity (Wildman–Crippen MR) is 46.1 cm³/mol. The van der Waals surface area contributed by atoms with Crippen molar-refractivity contribution in [3.8, 4) is 0 Å². The highest BCUT2D eigenvalue weighted by Crippen LogP contribution is 2.22. The first-order valence-corrected chi connectivity index (χ1v) is 4.50. The summed E-state index contributed by atoms with van der Waals surface area (Å²) >= 11 is 0. The van der Waals surface area contributed by atoms with E-state index in [9.17, 15) is 4.79 Å². The van der Waals surface area contributed by atoms with Crippen LogP contribution in [0.5, 0.6) is 0 Å². The van der Waals surface area contributed by atoms with E-state index in [0.717, 1.165) is 6.42 Å². The summed E-state index contributed by atoms with van der Waals surface area (Å²) in [6.45, 7) is 4.42. The number of hydrogen-bond donors (Lipinski definition) is 0. The molecule has 1 aliphatic heterocycles. The minimum absolute atomic E-state index is 0.255. The maximum absolute atomic E-state index is 11.0. The molecule has 0 amide bonds. The van der Waals surface area contributed by atoms with Gasteiger partial charge in [0.15, 0.2) is 12.4 Å². The van der Waals surface area contributed by atoms with Crippen molar-refractivity contribution >= 4 is 5.97 Å². The van der Waals surface area contributed by atoms with E-state index < -0.39 is 6.10 Å². The molecule has 0 aromatic carbocycles. The molecule has 76 valence electrons. The van der Waals surface area contributed by atoms with Crippen LogP contribution in [0.1, 0.15) is 20.3 Å². The molecule has 1 rings (SSSR count). The van der Waals surface area contributed by atoms with Crippen molar-refractivity contribution in [1.82, 2.24) is 0 Å². The molecular formula is C9H16O4. The highest BCUT2D eigenvalue weighted by molar-refractivity contribution is 5.73. The number of rotatable bonds is 3. The lowest BCUT2D eigenvalue weighted by Gasteiger charge is -2.19. The third-order valence-electron chi connectivity index (χ3n) is 2.19. The summed E-state index contributed by atoms with van der Waals surface area (Å²) in [6, 6.07) is 0. The number of hydrogen-bond acceptors (Lipinski definition) is 4. The fraction of sp³-hybridized carbons (Fsp3) is 0.889. The monoisotopic (exact) mass is 188 g/mol. The Labute approximate surface area is 78.2 Å². The van der Waals surface area contributed by atoms with E-state index in [2.05, 4.69) is 4.74 Å². The fourth-order valence-corrected chi connectivity index (χ4v) is 1.27. The zero-order valence-corrected chi connectivity index (χ0v) is 8.28. The number of carbonyl (C=O) groups is 1. The Bertz CT molecular complexity index is 180. The number of ether oxygens (including phenoxy) is 3. The predicted octanol–water partition coefficient (Wildman–Crippen LogP) is 0.947. The van der Waals surface area contributed by atoms with Crippen LogP contribution in [-0.4, -0.2) is 32.1 Å². The minimum Gasteiger partial charge on any atom is -0.467 e. The van der Waals surface area contributed by atoms with Crippen LogP contribution in [0.2, 0.25) is 0 Å². The van der Waals surface area contributed by atoms with Crippen LogP contribution in [0.4, 0.5) is 0 Å². The zero-order valence-electron chi connectivity index (χ0n) is 8.28. The second-order valence-corrected chi connectivity index (χ2v) is 3.31. The van der Waals surface area contributed by atoms with Gasteiger partial charge < -0.3 is 14.2 Å². The fourth-order valence-electron chi connectivity index (χ4n) is 1.27. The molecule has 13 heavy (non-hydrogen) atoms. The molecule has 0 N–H and O–H groups in total. The van der Waals surface area contributed by atoms with Gasteiger partial charge in [-0.3, -0.25) is 0 Å². The molecule has 4 heteroatoms. The minimum atomic E-state index is -0.546. The van der Waals surface area contributed by atoms with Gasteiger partial charge in [0.25, 0.3) is 0 Å². The van der Waals surface area contributed by atoms with Gasteiger partial charge in [0.1, 0.15) is 0 Å². The molecule has 1 heterocycles. The first-order valence-electron chi connectivity index (χ1n) is 4.50. The van der Waals surface area contributed by atoms with Crippen molar-refractivity contribution in [2.45, 2.75) is 32.7 Å². The average molecular weight is 188 g/mol. The molecule has 0 radical (unpaired) electrons. The van der Waals surface area contributed by atoms with Crippen LogP contribution in [0.25, 0.3) is 0 Å². The first kappa shape index (κ1) is 10.5. The lowest BCUT2D eigenvalue weighted by molar-refractivity contribution is -0.183. The summed E-state index contributed by atoms with van der Waals surface area (Å²) in [5.74, 6) is -0.00481. The summed E-state index contributed by atoms with van der Waals surface area (Å²) < 4.78 is 15.2. The third kappa shape index (κ3) is 2.67. The molecule has 1 fully saturated rings. The molecule has 0 aliphatic carbocycles. The van der Waals surface area contributed by atoms with Crippen molar-refractivity contribution < 1.29 is 19.0 Å². The number of methoxy groups -OCH3 is 1. The highest BCUT2D eigenvalue weighted by atomic mass is 16.7. The Morgan fingerprint density at radius 3 is 2.77 bits per heavy atom. The van der Waals surface area contributed by atoms with Gasteiger partial charge in [0, 0.05) is 5.92 Å². The van der Waals surface area contributed by atoms with E-state index in [4.69, 9.17) is 9.47 Å². The zero-order chi connectivity index (χ0) is 9.84. The Kier molecular flexibility index (Phi) is 3.69. The average Bonchev–Trinajstić information content (AvgIpc) is 2.50. The normalized spacial score (nSPS) is 30.1. The second kappa shape index (κ2) is 4.58. The van der Waals surface area contributed by atoms with E-state index in [1.54, 1.807) is 6.92 Å². The van der Waals surface area contributed by atoms with Crippen LogP contribution in [0.15, 0.2) is 0 Å². The molecule has 0 aromatic heterocycles. The molecule has 4 nitrogen and oxygen atoms in total. The molecule has 0 saturated carbocycles. The quantitative estimate of drug-likeness (QED) is 0.618. The Morgan fingerprint density at radius 1 is 1.62 bits per heavy atom. The summed E-state index contributed by atoms with van der Waals surface area (Å²) in [5, 5.41) is 0. The summed E-state index contributed by atoms with van der Waals surface area (Å²) in [6.07, 6.45) is 0.183. The van der Waals surface area contributed by atoms with E-state index >= 15 is 0 Å². The van der Waals surface area contributed by atoms with Gasteiger partial charge >= 0.3 is 5.97 Å².